The molecule has 0 bridgehead atoms. The van der Waals surface area contributed by atoms with E-state index in [4.69, 9.17) is 10.5 Å². The van der Waals surface area contributed by atoms with Crippen molar-refractivity contribution in [3.8, 4) is 5.75 Å². The molecular weight excluding hydrogens is 224 g/mol. The van der Waals surface area contributed by atoms with Crippen molar-refractivity contribution in [2.75, 3.05) is 20.2 Å². The van der Waals surface area contributed by atoms with E-state index in [1.807, 2.05) is 6.07 Å². The molecule has 0 unspecified atom stereocenters. The summed E-state index contributed by atoms with van der Waals surface area (Å²) in [7, 11) is 1.69. The maximum absolute atomic E-state index is 5.74. The van der Waals surface area contributed by atoms with Gasteiger partial charge in [0.05, 0.1) is 7.11 Å². The van der Waals surface area contributed by atoms with E-state index in [9.17, 15) is 0 Å². The van der Waals surface area contributed by atoms with Gasteiger partial charge in [0.15, 0.2) is 0 Å². The normalized spacial score (nSPS) is 16.5. The SMILES string of the molecule is COc1ccc(CN2CC=C(C)CC2)cc1CN. The van der Waals surface area contributed by atoms with Gasteiger partial charge in [0, 0.05) is 31.7 Å². The Morgan fingerprint density at radius 3 is 2.83 bits per heavy atom. The second-order valence-electron chi connectivity index (χ2n) is 4.89. The minimum atomic E-state index is 0.524. The zero-order valence-corrected chi connectivity index (χ0v) is 11.3. The van der Waals surface area contributed by atoms with Gasteiger partial charge in [0.2, 0.25) is 0 Å². The Balaban J connectivity index is 2.05. The third kappa shape index (κ3) is 3.12. The van der Waals surface area contributed by atoms with Crippen molar-refractivity contribution in [3.05, 3.63) is 41.0 Å². The maximum Gasteiger partial charge on any atom is 0.123 e. The maximum atomic E-state index is 5.74. The lowest BCUT2D eigenvalue weighted by molar-refractivity contribution is 0.286. The molecule has 1 heterocycles. The van der Waals surface area contributed by atoms with E-state index >= 15 is 0 Å². The minimum Gasteiger partial charge on any atom is -0.496 e. The van der Waals surface area contributed by atoms with Gasteiger partial charge in [0.1, 0.15) is 5.75 Å². The van der Waals surface area contributed by atoms with Gasteiger partial charge in [-0.2, -0.15) is 0 Å². The molecule has 0 fully saturated rings. The number of ether oxygens (including phenoxy) is 1. The van der Waals surface area contributed by atoms with Gasteiger partial charge in [0.25, 0.3) is 0 Å². The van der Waals surface area contributed by atoms with Gasteiger partial charge in [-0.25, -0.2) is 0 Å². The molecule has 18 heavy (non-hydrogen) atoms. The summed E-state index contributed by atoms with van der Waals surface area (Å²) in [5.41, 5.74) is 9.64. The molecule has 1 aromatic rings. The molecule has 2 N–H and O–H groups in total. The molecule has 0 saturated carbocycles. The molecule has 0 spiro atoms. The summed E-state index contributed by atoms with van der Waals surface area (Å²) in [5.74, 6) is 0.885. The van der Waals surface area contributed by atoms with Gasteiger partial charge >= 0.3 is 0 Å². The quantitative estimate of drug-likeness (QED) is 0.829. The van der Waals surface area contributed by atoms with E-state index in [1.165, 1.54) is 17.6 Å². The predicted octanol–water partition coefficient (Wildman–Crippen LogP) is 2.31. The molecule has 1 aromatic carbocycles. The molecule has 0 aromatic heterocycles. The topological polar surface area (TPSA) is 38.5 Å². The second kappa shape index (κ2) is 6.03. The Morgan fingerprint density at radius 2 is 2.22 bits per heavy atom. The van der Waals surface area contributed by atoms with Gasteiger partial charge < -0.3 is 10.5 Å². The van der Waals surface area contributed by atoms with E-state index in [0.29, 0.717) is 6.54 Å². The smallest absolute Gasteiger partial charge is 0.123 e. The van der Waals surface area contributed by atoms with Crippen molar-refractivity contribution in [1.29, 1.82) is 0 Å². The van der Waals surface area contributed by atoms with Crippen molar-refractivity contribution in [1.82, 2.24) is 4.90 Å². The molecule has 3 heteroatoms. The monoisotopic (exact) mass is 246 g/mol. The predicted molar refractivity (Wildman–Crippen MR) is 74.5 cm³/mol. The van der Waals surface area contributed by atoms with Crippen LogP contribution in [0, 0.1) is 0 Å². The molecule has 98 valence electrons. The molecule has 0 atom stereocenters. The molecule has 3 nitrogen and oxygen atoms in total. The molecule has 0 aliphatic carbocycles. The molecular formula is C15H22N2O. The third-order valence-electron chi connectivity index (χ3n) is 3.49. The Kier molecular flexibility index (Phi) is 4.39. The molecule has 2 rings (SSSR count). The highest BCUT2D eigenvalue weighted by Crippen LogP contribution is 2.21. The van der Waals surface area contributed by atoms with E-state index in [2.05, 4.69) is 30.0 Å². The van der Waals surface area contributed by atoms with Crippen LogP contribution in [0.4, 0.5) is 0 Å². The van der Waals surface area contributed by atoms with E-state index in [1.54, 1.807) is 7.11 Å². The first-order valence-corrected chi connectivity index (χ1v) is 6.46. The number of benzene rings is 1. The zero-order chi connectivity index (χ0) is 13.0. The summed E-state index contributed by atoms with van der Waals surface area (Å²) < 4.78 is 5.29. The molecule has 0 amide bonds. The van der Waals surface area contributed by atoms with Crippen molar-refractivity contribution in [3.63, 3.8) is 0 Å². The molecule has 0 radical (unpaired) electrons. The molecule has 0 saturated heterocycles. The summed E-state index contributed by atoms with van der Waals surface area (Å²) in [4.78, 5) is 2.45. The summed E-state index contributed by atoms with van der Waals surface area (Å²) in [6, 6.07) is 6.30. The third-order valence-corrected chi connectivity index (χ3v) is 3.49. The standard InChI is InChI=1S/C15H22N2O/c1-12-5-7-17(8-6-12)11-13-3-4-15(18-2)14(9-13)10-16/h3-5,9H,6-8,10-11,16H2,1-2H3. The van der Waals surface area contributed by atoms with Crippen LogP contribution in [-0.2, 0) is 13.1 Å². The number of methoxy groups -OCH3 is 1. The van der Waals surface area contributed by atoms with Crippen LogP contribution in [0.5, 0.6) is 5.75 Å². The van der Waals surface area contributed by atoms with E-state index < -0.39 is 0 Å². The zero-order valence-electron chi connectivity index (χ0n) is 11.3. The van der Waals surface area contributed by atoms with Gasteiger partial charge in [-0.1, -0.05) is 17.7 Å². The van der Waals surface area contributed by atoms with Crippen LogP contribution in [0.1, 0.15) is 24.5 Å². The lowest BCUT2D eigenvalue weighted by atomic mass is 10.1. The number of nitrogens with zero attached hydrogens (tertiary/aromatic N) is 1. The fourth-order valence-corrected chi connectivity index (χ4v) is 2.30. The van der Waals surface area contributed by atoms with Gasteiger partial charge in [-0.3, -0.25) is 4.90 Å². The first-order valence-electron chi connectivity index (χ1n) is 6.46. The van der Waals surface area contributed by atoms with Crippen LogP contribution in [0.25, 0.3) is 0 Å². The number of rotatable bonds is 4. The van der Waals surface area contributed by atoms with Crippen LogP contribution in [0.15, 0.2) is 29.8 Å². The van der Waals surface area contributed by atoms with Crippen molar-refractivity contribution in [2.45, 2.75) is 26.4 Å². The summed E-state index contributed by atoms with van der Waals surface area (Å²) in [5, 5.41) is 0. The van der Waals surface area contributed by atoms with E-state index in [0.717, 1.165) is 30.9 Å². The van der Waals surface area contributed by atoms with Crippen LogP contribution < -0.4 is 10.5 Å². The Hall–Kier alpha value is -1.32. The Labute approximate surface area is 109 Å². The van der Waals surface area contributed by atoms with E-state index in [-0.39, 0.29) is 0 Å². The van der Waals surface area contributed by atoms with Crippen molar-refractivity contribution >= 4 is 0 Å². The van der Waals surface area contributed by atoms with Gasteiger partial charge in [-0.05, 0) is 31.0 Å². The van der Waals surface area contributed by atoms with Crippen LogP contribution in [0.2, 0.25) is 0 Å². The molecule has 1 aliphatic heterocycles. The lowest BCUT2D eigenvalue weighted by Crippen LogP contribution is -2.27. The summed E-state index contributed by atoms with van der Waals surface area (Å²) in [6.45, 7) is 5.91. The van der Waals surface area contributed by atoms with Crippen molar-refractivity contribution < 1.29 is 4.74 Å². The van der Waals surface area contributed by atoms with Crippen LogP contribution in [-0.4, -0.2) is 25.1 Å². The molecule has 1 aliphatic rings. The number of nitrogens with two attached hydrogens (primary N) is 1. The average Bonchev–Trinajstić information content (AvgIpc) is 2.41. The average molecular weight is 246 g/mol. The first kappa shape index (κ1) is 13.1. The highest BCUT2D eigenvalue weighted by atomic mass is 16.5. The fraction of sp³-hybridized carbons (Fsp3) is 0.467. The lowest BCUT2D eigenvalue weighted by Gasteiger charge is -2.25. The summed E-state index contributed by atoms with van der Waals surface area (Å²) >= 11 is 0. The van der Waals surface area contributed by atoms with Crippen LogP contribution >= 0.6 is 0 Å². The largest absolute Gasteiger partial charge is 0.496 e. The fourth-order valence-electron chi connectivity index (χ4n) is 2.30. The number of hydrogen-bond acceptors (Lipinski definition) is 3. The Morgan fingerprint density at radius 1 is 1.39 bits per heavy atom. The van der Waals surface area contributed by atoms with Crippen LogP contribution in [0.3, 0.4) is 0 Å². The number of hydrogen-bond donors (Lipinski definition) is 1. The van der Waals surface area contributed by atoms with Gasteiger partial charge in [-0.15, -0.1) is 0 Å². The van der Waals surface area contributed by atoms with Crippen molar-refractivity contribution in [2.24, 2.45) is 5.73 Å². The second-order valence-corrected chi connectivity index (χ2v) is 4.89. The highest BCUT2D eigenvalue weighted by molar-refractivity contribution is 5.37. The Bertz CT molecular complexity index is 440. The summed E-state index contributed by atoms with van der Waals surface area (Å²) in [6.07, 6.45) is 3.50. The minimum absolute atomic E-state index is 0.524. The first-order chi connectivity index (χ1) is 8.72. The highest BCUT2D eigenvalue weighted by Gasteiger charge is 2.10.